The van der Waals surface area contributed by atoms with Crippen molar-refractivity contribution in [3.05, 3.63) is 40.2 Å². The van der Waals surface area contributed by atoms with E-state index in [-0.39, 0.29) is 23.3 Å². The molecule has 1 aromatic rings. The van der Waals surface area contributed by atoms with Crippen molar-refractivity contribution in [3.63, 3.8) is 0 Å². The normalized spacial score (nSPS) is 22.3. The molecule has 0 radical (unpaired) electrons. The molecule has 1 aliphatic heterocycles. The zero-order valence-corrected chi connectivity index (χ0v) is 21.0. The molecular formula is C27H35NO6. The zero-order chi connectivity index (χ0) is 24.6. The summed E-state index contributed by atoms with van der Waals surface area (Å²) in [6.45, 7) is 6.05. The van der Waals surface area contributed by atoms with Crippen LogP contribution in [0.4, 0.5) is 0 Å². The summed E-state index contributed by atoms with van der Waals surface area (Å²) in [6, 6.07) is 3.63. The number of Topliss-reactive ketones (excluding diaryl/α,β-unsaturated/α-hetero) is 1. The van der Waals surface area contributed by atoms with Gasteiger partial charge in [-0.05, 0) is 50.5 Å². The van der Waals surface area contributed by atoms with Crippen LogP contribution in [0, 0.1) is 5.41 Å². The van der Waals surface area contributed by atoms with E-state index in [2.05, 4.69) is 19.2 Å². The predicted molar refractivity (Wildman–Crippen MR) is 128 cm³/mol. The van der Waals surface area contributed by atoms with Crippen LogP contribution in [-0.4, -0.2) is 39.2 Å². The molecular weight excluding hydrogens is 434 g/mol. The number of esters is 1. The molecule has 1 N–H and O–H groups in total. The van der Waals surface area contributed by atoms with Crippen LogP contribution in [0.1, 0.15) is 70.8 Å². The largest absolute Gasteiger partial charge is 0.493 e. The number of rotatable bonds is 6. The van der Waals surface area contributed by atoms with E-state index < -0.39 is 5.92 Å². The average Bonchev–Trinajstić information content (AvgIpc) is 3.28. The van der Waals surface area contributed by atoms with Crippen molar-refractivity contribution in [2.45, 2.75) is 71.3 Å². The molecule has 1 saturated carbocycles. The third-order valence-electron chi connectivity index (χ3n) is 7.08. The van der Waals surface area contributed by atoms with Gasteiger partial charge in [-0.2, -0.15) is 0 Å². The summed E-state index contributed by atoms with van der Waals surface area (Å²) in [5.74, 6) is 0.397. The first-order valence-electron chi connectivity index (χ1n) is 11.9. The number of carbonyl (C=O) groups is 2. The molecule has 1 unspecified atom stereocenters. The number of benzene rings is 1. The van der Waals surface area contributed by atoms with Gasteiger partial charge in [-0.15, -0.1) is 0 Å². The number of hydrogen-bond acceptors (Lipinski definition) is 7. The Morgan fingerprint density at radius 3 is 2.29 bits per heavy atom. The van der Waals surface area contributed by atoms with Crippen molar-refractivity contribution in [1.29, 1.82) is 0 Å². The highest BCUT2D eigenvalue weighted by Gasteiger charge is 2.45. The zero-order valence-electron chi connectivity index (χ0n) is 21.0. The Labute approximate surface area is 201 Å². The van der Waals surface area contributed by atoms with E-state index in [9.17, 15) is 9.59 Å². The fourth-order valence-corrected chi connectivity index (χ4v) is 5.59. The molecule has 184 valence electrons. The van der Waals surface area contributed by atoms with Gasteiger partial charge in [-0.3, -0.25) is 4.79 Å². The minimum atomic E-state index is -0.622. The summed E-state index contributed by atoms with van der Waals surface area (Å²) in [5, 5.41) is 3.39. The van der Waals surface area contributed by atoms with Crippen LogP contribution in [0.5, 0.6) is 17.2 Å². The van der Waals surface area contributed by atoms with Gasteiger partial charge in [0, 0.05) is 29.0 Å². The van der Waals surface area contributed by atoms with Gasteiger partial charge < -0.3 is 24.3 Å². The molecule has 1 heterocycles. The van der Waals surface area contributed by atoms with Crippen LogP contribution in [0.15, 0.2) is 34.7 Å². The topological polar surface area (TPSA) is 83.1 Å². The molecule has 7 nitrogen and oxygen atoms in total. The second-order valence-corrected chi connectivity index (χ2v) is 10.2. The van der Waals surface area contributed by atoms with Gasteiger partial charge >= 0.3 is 5.97 Å². The molecule has 1 aromatic carbocycles. The van der Waals surface area contributed by atoms with Crippen molar-refractivity contribution in [2.75, 3.05) is 21.3 Å². The Morgan fingerprint density at radius 1 is 1.00 bits per heavy atom. The highest BCUT2D eigenvalue weighted by Crippen LogP contribution is 2.52. The molecule has 34 heavy (non-hydrogen) atoms. The number of carbonyl (C=O) groups excluding carboxylic acids is 2. The minimum Gasteiger partial charge on any atom is -0.493 e. The van der Waals surface area contributed by atoms with Gasteiger partial charge in [0.05, 0.1) is 32.8 Å². The van der Waals surface area contributed by atoms with Gasteiger partial charge in [0.25, 0.3) is 0 Å². The van der Waals surface area contributed by atoms with Gasteiger partial charge in [0.15, 0.2) is 17.3 Å². The van der Waals surface area contributed by atoms with Crippen molar-refractivity contribution in [3.8, 4) is 17.2 Å². The Kier molecular flexibility index (Phi) is 6.65. The number of dihydropyridines is 1. The maximum atomic E-state index is 13.6. The van der Waals surface area contributed by atoms with Crippen LogP contribution in [0.3, 0.4) is 0 Å². The van der Waals surface area contributed by atoms with Gasteiger partial charge in [-0.1, -0.05) is 19.9 Å². The Bertz CT molecular complexity index is 1060. The second kappa shape index (κ2) is 9.35. The first-order chi connectivity index (χ1) is 16.2. The molecule has 1 fully saturated rings. The summed E-state index contributed by atoms with van der Waals surface area (Å²) in [6.07, 6.45) is 4.89. The lowest BCUT2D eigenvalue weighted by atomic mass is 9.68. The van der Waals surface area contributed by atoms with Crippen LogP contribution in [0.25, 0.3) is 0 Å². The summed E-state index contributed by atoms with van der Waals surface area (Å²) < 4.78 is 22.8. The minimum absolute atomic E-state index is 0.0271. The third kappa shape index (κ3) is 4.28. The van der Waals surface area contributed by atoms with E-state index in [1.54, 1.807) is 27.4 Å². The maximum Gasteiger partial charge on any atom is 0.337 e. The molecule has 1 atom stereocenters. The smallest absolute Gasteiger partial charge is 0.337 e. The van der Waals surface area contributed by atoms with Crippen LogP contribution in [0.2, 0.25) is 0 Å². The SMILES string of the molecule is COc1ccc(C2C(C(=O)OC3CCCC3)=C(C)NC3=C2C(=O)CC(C)(C)C3)c(OC)c1OC. The van der Waals surface area contributed by atoms with Gasteiger partial charge in [-0.25, -0.2) is 4.79 Å². The molecule has 3 aliphatic rings. The summed E-state index contributed by atoms with van der Waals surface area (Å²) >= 11 is 0. The predicted octanol–water partition coefficient (Wildman–Crippen LogP) is 4.80. The fraction of sp³-hybridized carbons (Fsp3) is 0.556. The molecule has 2 aliphatic carbocycles. The van der Waals surface area contributed by atoms with Crippen LogP contribution < -0.4 is 19.5 Å². The van der Waals surface area contributed by atoms with Crippen molar-refractivity contribution in [1.82, 2.24) is 5.32 Å². The molecule has 7 heteroatoms. The highest BCUT2D eigenvalue weighted by atomic mass is 16.5. The molecule has 0 saturated heterocycles. The lowest BCUT2D eigenvalue weighted by Gasteiger charge is -2.40. The Balaban J connectivity index is 1.89. The Morgan fingerprint density at radius 2 is 1.68 bits per heavy atom. The highest BCUT2D eigenvalue weighted by molar-refractivity contribution is 6.04. The fourth-order valence-electron chi connectivity index (χ4n) is 5.59. The lowest BCUT2D eigenvalue weighted by Crippen LogP contribution is -2.39. The van der Waals surface area contributed by atoms with E-state index in [4.69, 9.17) is 18.9 Å². The summed E-state index contributed by atoms with van der Waals surface area (Å²) in [4.78, 5) is 27.1. The maximum absolute atomic E-state index is 13.6. The molecule has 4 rings (SSSR count). The monoisotopic (exact) mass is 469 g/mol. The number of allylic oxidation sites excluding steroid dienone is 3. The van der Waals surface area contributed by atoms with Crippen molar-refractivity contribution in [2.24, 2.45) is 5.41 Å². The molecule has 0 aromatic heterocycles. The Hall–Kier alpha value is -2.96. The van der Waals surface area contributed by atoms with E-state index in [1.165, 1.54) is 0 Å². The number of ketones is 1. The van der Waals surface area contributed by atoms with E-state index in [0.717, 1.165) is 31.4 Å². The van der Waals surface area contributed by atoms with Gasteiger partial charge in [0.2, 0.25) is 5.75 Å². The number of methoxy groups -OCH3 is 3. The quantitative estimate of drug-likeness (QED) is 0.599. The van der Waals surface area contributed by atoms with E-state index in [0.29, 0.717) is 52.5 Å². The van der Waals surface area contributed by atoms with Crippen LogP contribution in [-0.2, 0) is 14.3 Å². The number of nitrogens with one attached hydrogen (secondary N) is 1. The van der Waals surface area contributed by atoms with Crippen LogP contribution >= 0.6 is 0 Å². The van der Waals surface area contributed by atoms with E-state index in [1.807, 2.05) is 13.0 Å². The van der Waals surface area contributed by atoms with Crippen molar-refractivity contribution < 1.29 is 28.5 Å². The first-order valence-corrected chi connectivity index (χ1v) is 11.9. The van der Waals surface area contributed by atoms with E-state index >= 15 is 0 Å². The number of ether oxygens (including phenoxy) is 4. The number of hydrogen-bond donors (Lipinski definition) is 1. The second-order valence-electron chi connectivity index (χ2n) is 10.2. The summed E-state index contributed by atoms with van der Waals surface area (Å²) in [7, 11) is 4.65. The first kappa shape index (κ1) is 24.2. The molecule has 0 spiro atoms. The van der Waals surface area contributed by atoms with Crippen molar-refractivity contribution >= 4 is 11.8 Å². The lowest BCUT2D eigenvalue weighted by molar-refractivity contribution is -0.144. The molecule has 0 bridgehead atoms. The average molecular weight is 470 g/mol. The van der Waals surface area contributed by atoms with Gasteiger partial charge in [0.1, 0.15) is 6.10 Å². The third-order valence-corrected chi connectivity index (χ3v) is 7.08. The standard InChI is InChI=1S/C27H35NO6/c1-15-21(26(30)34-16-9-7-8-10-16)22(23-18(28-15)13-27(2,3)14-19(23)29)17-11-12-20(31-4)25(33-6)24(17)32-5/h11-12,16,22,28H,7-10,13-14H2,1-6H3. The summed E-state index contributed by atoms with van der Waals surface area (Å²) in [5.41, 5.74) is 3.13. The molecule has 0 amide bonds.